The van der Waals surface area contributed by atoms with Crippen LogP contribution in [0.5, 0.6) is 0 Å². The van der Waals surface area contributed by atoms with E-state index in [9.17, 15) is 37.4 Å². The molecule has 0 aromatic heterocycles. The van der Waals surface area contributed by atoms with Crippen LogP contribution in [0.1, 0.15) is 22.8 Å². The van der Waals surface area contributed by atoms with Crippen LogP contribution in [-0.2, 0) is 22.2 Å². The van der Waals surface area contributed by atoms with E-state index in [1.165, 1.54) is 12.1 Å². The van der Waals surface area contributed by atoms with Crippen molar-refractivity contribution >= 4 is 11.9 Å². The SMILES string of the molecule is O=C(O)[C@H](Cc1ccc(F)cc1)NC(=O)[C@@H](O)c1ccc(C(F)(F)F)cc1. The van der Waals surface area contributed by atoms with E-state index in [2.05, 4.69) is 5.32 Å². The number of carbonyl (C=O) groups is 2. The Morgan fingerprint density at radius 1 is 1.00 bits per heavy atom. The van der Waals surface area contributed by atoms with E-state index in [0.717, 1.165) is 24.3 Å². The average Bonchev–Trinajstić information content (AvgIpc) is 2.61. The third-order valence-electron chi connectivity index (χ3n) is 3.77. The van der Waals surface area contributed by atoms with Crippen molar-refractivity contribution in [2.75, 3.05) is 0 Å². The number of halogens is 4. The summed E-state index contributed by atoms with van der Waals surface area (Å²) in [4.78, 5) is 23.4. The molecule has 27 heavy (non-hydrogen) atoms. The molecule has 0 spiro atoms. The number of benzene rings is 2. The first-order valence-corrected chi connectivity index (χ1v) is 7.71. The van der Waals surface area contributed by atoms with E-state index in [1.54, 1.807) is 0 Å². The number of carboxylic acids is 1. The third-order valence-corrected chi connectivity index (χ3v) is 3.77. The molecule has 9 heteroatoms. The molecule has 0 aliphatic heterocycles. The van der Waals surface area contributed by atoms with Gasteiger partial charge in [0.25, 0.3) is 5.91 Å². The van der Waals surface area contributed by atoms with Crippen LogP contribution in [0.25, 0.3) is 0 Å². The van der Waals surface area contributed by atoms with Crippen LogP contribution in [0.15, 0.2) is 48.5 Å². The van der Waals surface area contributed by atoms with E-state index in [-0.39, 0.29) is 12.0 Å². The largest absolute Gasteiger partial charge is 0.480 e. The number of nitrogens with one attached hydrogen (secondary N) is 1. The summed E-state index contributed by atoms with van der Waals surface area (Å²) in [7, 11) is 0. The Kier molecular flexibility index (Phi) is 6.17. The maximum atomic E-state index is 12.9. The van der Waals surface area contributed by atoms with Gasteiger partial charge in [0, 0.05) is 6.42 Å². The van der Waals surface area contributed by atoms with E-state index in [0.29, 0.717) is 17.7 Å². The first-order chi connectivity index (χ1) is 12.6. The highest BCUT2D eigenvalue weighted by Gasteiger charge is 2.31. The van der Waals surface area contributed by atoms with Crippen molar-refractivity contribution in [3.05, 3.63) is 71.0 Å². The summed E-state index contributed by atoms with van der Waals surface area (Å²) in [6.45, 7) is 0. The molecule has 0 aliphatic carbocycles. The maximum absolute atomic E-state index is 12.9. The minimum atomic E-state index is -4.56. The van der Waals surface area contributed by atoms with Gasteiger partial charge in [-0.15, -0.1) is 0 Å². The highest BCUT2D eigenvalue weighted by atomic mass is 19.4. The summed E-state index contributed by atoms with van der Waals surface area (Å²) in [5.74, 6) is -2.97. The molecule has 1 amide bonds. The van der Waals surface area contributed by atoms with Gasteiger partial charge in [0.15, 0.2) is 6.10 Å². The van der Waals surface area contributed by atoms with Gasteiger partial charge in [-0.05, 0) is 35.4 Å². The Bertz CT molecular complexity index is 804. The summed E-state index contributed by atoms with van der Waals surface area (Å²) in [5, 5.41) is 21.3. The molecule has 2 atom stereocenters. The van der Waals surface area contributed by atoms with Gasteiger partial charge in [-0.3, -0.25) is 4.79 Å². The molecule has 2 rings (SSSR count). The first-order valence-electron chi connectivity index (χ1n) is 7.71. The number of carboxylic acid groups (broad SMARTS) is 1. The van der Waals surface area contributed by atoms with Crippen LogP contribution in [0, 0.1) is 5.82 Å². The van der Waals surface area contributed by atoms with Crippen LogP contribution < -0.4 is 5.32 Å². The summed E-state index contributed by atoms with van der Waals surface area (Å²) in [6, 6.07) is 6.84. The summed E-state index contributed by atoms with van der Waals surface area (Å²) in [6.07, 6.45) is -6.57. The lowest BCUT2D eigenvalue weighted by Gasteiger charge is -2.18. The molecule has 3 N–H and O–H groups in total. The van der Waals surface area contributed by atoms with Crippen LogP contribution in [0.2, 0.25) is 0 Å². The Labute approximate surface area is 151 Å². The van der Waals surface area contributed by atoms with Crippen LogP contribution >= 0.6 is 0 Å². The lowest BCUT2D eigenvalue weighted by molar-refractivity contribution is -0.143. The fourth-order valence-corrected chi connectivity index (χ4v) is 2.31. The number of amides is 1. The molecule has 0 saturated carbocycles. The Morgan fingerprint density at radius 3 is 2.04 bits per heavy atom. The molecule has 0 bridgehead atoms. The highest BCUT2D eigenvalue weighted by molar-refractivity contribution is 5.87. The predicted octanol–water partition coefficient (Wildman–Crippen LogP) is 2.69. The van der Waals surface area contributed by atoms with E-state index in [1.807, 2.05) is 0 Å². The van der Waals surface area contributed by atoms with Gasteiger partial charge < -0.3 is 15.5 Å². The molecule has 0 heterocycles. The number of rotatable bonds is 6. The monoisotopic (exact) mass is 385 g/mol. The first kappa shape index (κ1) is 20.4. The molecule has 5 nitrogen and oxygen atoms in total. The topological polar surface area (TPSA) is 86.6 Å². The Hall–Kier alpha value is -2.94. The molecule has 0 unspecified atom stereocenters. The lowest BCUT2D eigenvalue weighted by atomic mass is 10.0. The minimum Gasteiger partial charge on any atom is -0.480 e. The number of aliphatic carboxylic acids is 1. The molecular weight excluding hydrogens is 370 g/mol. The Morgan fingerprint density at radius 2 is 1.56 bits per heavy atom. The normalized spacial score (nSPS) is 13.7. The minimum absolute atomic E-state index is 0.119. The second kappa shape index (κ2) is 8.17. The summed E-state index contributed by atoms with van der Waals surface area (Å²) >= 11 is 0. The molecule has 0 fully saturated rings. The standard InChI is InChI=1S/C18H15F4NO4/c19-13-7-1-10(2-8-13)9-14(17(26)27)23-16(25)15(24)11-3-5-12(6-4-11)18(20,21)22/h1-8,14-15,24H,9H2,(H,23,25)(H,26,27)/t14-,15-/m0/s1. The van der Waals surface area contributed by atoms with Gasteiger partial charge in [0.2, 0.25) is 0 Å². The number of hydrogen-bond donors (Lipinski definition) is 3. The summed E-state index contributed by atoms with van der Waals surface area (Å²) in [5.41, 5.74) is -0.627. The Balaban J connectivity index is 2.07. The van der Waals surface area contributed by atoms with Crippen molar-refractivity contribution in [3.63, 3.8) is 0 Å². The van der Waals surface area contributed by atoms with Crippen molar-refractivity contribution in [3.8, 4) is 0 Å². The quantitative estimate of drug-likeness (QED) is 0.668. The molecule has 0 saturated heterocycles. The molecule has 144 valence electrons. The molecule has 2 aromatic rings. The van der Waals surface area contributed by atoms with Gasteiger partial charge >= 0.3 is 12.1 Å². The number of carbonyl (C=O) groups excluding carboxylic acids is 1. The summed E-state index contributed by atoms with van der Waals surface area (Å²) < 4.78 is 50.5. The van der Waals surface area contributed by atoms with Crippen molar-refractivity contribution in [1.29, 1.82) is 0 Å². The van der Waals surface area contributed by atoms with Crippen LogP contribution in [0.4, 0.5) is 17.6 Å². The third kappa shape index (κ3) is 5.52. The average molecular weight is 385 g/mol. The second-order valence-electron chi connectivity index (χ2n) is 5.75. The number of aliphatic hydroxyl groups is 1. The zero-order valence-corrected chi connectivity index (χ0v) is 13.7. The number of hydrogen-bond acceptors (Lipinski definition) is 3. The fourth-order valence-electron chi connectivity index (χ4n) is 2.31. The molecule has 0 radical (unpaired) electrons. The number of aliphatic hydroxyl groups excluding tert-OH is 1. The zero-order valence-electron chi connectivity index (χ0n) is 13.7. The van der Waals surface area contributed by atoms with Crippen molar-refractivity contribution < 1.29 is 37.4 Å². The van der Waals surface area contributed by atoms with Gasteiger partial charge in [-0.1, -0.05) is 24.3 Å². The van der Waals surface area contributed by atoms with Gasteiger partial charge in [-0.25, -0.2) is 9.18 Å². The molecular formula is C18H15F4NO4. The smallest absolute Gasteiger partial charge is 0.416 e. The highest BCUT2D eigenvalue weighted by Crippen LogP contribution is 2.30. The fraction of sp³-hybridized carbons (Fsp3) is 0.222. The van der Waals surface area contributed by atoms with Gasteiger partial charge in [0.05, 0.1) is 5.56 Å². The van der Waals surface area contributed by atoms with Crippen molar-refractivity contribution in [2.45, 2.75) is 24.7 Å². The number of alkyl halides is 3. The van der Waals surface area contributed by atoms with E-state index >= 15 is 0 Å². The van der Waals surface area contributed by atoms with E-state index in [4.69, 9.17) is 0 Å². The maximum Gasteiger partial charge on any atom is 0.416 e. The lowest BCUT2D eigenvalue weighted by Crippen LogP contribution is -2.44. The van der Waals surface area contributed by atoms with Crippen LogP contribution in [0.3, 0.4) is 0 Å². The van der Waals surface area contributed by atoms with E-state index < -0.39 is 41.6 Å². The predicted molar refractivity (Wildman–Crippen MR) is 86.1 cm³/mol. The van der Waals surface area contributed by atoms with Crippen molar-refractivity contribution in [1.82, 2.24) is 5.32 Å². The molecule has 2 aromatic carbocycles. The van der Waals surface area contributed by atoms with Crippen molar-refractivity contribution in [2.24, 2.45) is 0 Å². The molecule has 0 aliphatic rings. The zero-order chi connectivity index (χ0) is 20.2. The second-order valence-corrected chi connectivity index (χ2v) is 5.75. The van der Waals surface area contributed by atoms with Gasteiger partial charge in [-0.2, -0.15) is 13.2 Å². The van der Waals surface area contributed by atoms with Crippen LogP contribution in [-0.4, -0.2) is 28.1 Å². The van der Waals surface area contributed by atoms with Gasteiger partial charge in [0.1, 0.15) is 11.9 Å².